The van der Waals surface area contributed by atoms with Gasteiger partial charge in [0.1, 0.15) is 18.1 Å². The minimum absolute atomic E-state index is 0.269. The summed E-state index contributed by atoms with van der Waals surface area (Å²) in [4.78, 5) is 25.1. The van der Waals surface area contributed by atoms with Crippen molar-refractivity contribution in [3.63, 3.8) is 0 Å². The van der Waals surface area contributed by atoms with E-state index in [1.807, 2.05) is 61.5 Å². The van der Waals surface area contributed by atoms with Gasteiger partial charge < -0.3 is 9.47 Å². The minimum Gasteiger partial charge on any atom is -0.489 e. The molecule has 2 amide bonds. The molecule has 0 bridgehead atoms. The zero-order chi connectivity index (χ0) is 22.8. The Kier molecular flexibility index (Phi) is 8.03. The first-order valence-corrected chi connectivity index (χ1v) is 10.4. The zero-order valence-corrected chi connectivity index (χ0v) is 17.9. The number of para-hydroxylation sites is 1. The Hall–Kier alpha value is -4.06. The van der Waals surface area contributed by atoms with Gasteiger partial charge in [0.15, 0.2) is 6.10 Å². The number of hydrogen-bond acceptors (Lipinski definition) is 4. The van der Waals surface area contributed by atoms with E-state index in [0.717, 1.165) is 11.1 Å². The number of amides is 2. The summed E-state index contributed by atoms with van der Waals surface area (Å²) in [5.74, 6) is 0.0414. The SMILES string of the molecule is C=CCOc1ccccc1C(=O)NNC(=O)C(CC)Oc1ccc(-c2ccccc2)cc1. The number of ether oxygens (including phenoxy) is 2. The standard InChI is InChI=1S/C26H26N2O4/c1-3-18-31-24-13-9-8-12-22(24)25(29)27-28-26(30)23(4-2)32-21-16-14-20(15-17-21)19-10-6-5-7-11-19/h3,5-17,23H,1,4,18H2,2H3,(H,27,29)(H,28,30). The Morgan fingerprint density at radius 3 is 2.25 bits per heavy atom. The van der Waals surface area contributed by atoms with E-state index in [9.17, 15) is 9.59 Å². The van der Waals surface area contributed by atoms with Crippen LogP contribution in [0.25, 0.3) is 11.1 Å². The second-order valence-corrected chi connectivity index (χ2v) is 6.94. The highest BCUT2D eigenvalue weighted by Crippen LogP contribution is 2.23. The third-order valence-corrected chi connectivity index (χ3v) is 4.69. The molecule has 6 heteroatoms. The van der Waals surface area contributed by atoms with Gasteiger partial charge in [0.05, 0.1) is 5.56 Å². The summed E-state index contributed by atoms with van der Waals surface area (Å²) in [6, 6.07) is 24.3. The first-order chi connectivity index (χ1) is 15.6. The van der Waals surface area contributed by atoms with Gasteiger partial charge in [-0.1, -0.05) is 74.2 Å². The number of carbonyl (C=O) groups is 2. The molecule has 0 aliphatic rings. The highest BCUT2D eigenvalue weighted by atomic mass is 16.5. The monoisotopic (exact) mass is 430 g/mol. The molecular weight excluding hydrogens is 404 g/mol. The van der Waals surface area contributed by atoms with Crippen molar-refractivity contribution in [3.05, 3.63) is 97.1 Å². The molecule has 0 radical (unpaired) electrons. The van der Waals surface area contributed by atoms with Crippen LogP contribution < -0.4 is 20.3 Å². The van der Waals surface area contributed by atoms with E-state index in [1.54, 1.807) is 30.3 Å². The smallest absolute Gasteiger partial charge is 0.279 e. The molecule has 32 heavy (non-hydrogen) atoms. The van der Waals surface area contributed by atoms with Crippen molar-refractivity contribution in [2.75, 3.05) is 6.61 Å². The fraction of sp³-hybridized carbons (Fsp3) is 0.154. The maximum absolute atomic E-state index is 12.6. The molecule has 0 fully saturated rings. The Morgan fingerprint density at radius 2 is 1.56 bits per heavy atom. The lowest BCUT2D eigenvalue weighted by molar-refractivity contribution is -0.128. The van der Waals surface area contributed by atoms with Crippen LogP contribution in [-0.2, 0) is 4.79 Å². The molecule has 0 heterocycles. The van der Waals surface area contributed by atoms with Crippen LogP contribution in [0, 0.1) is 0 Å². The van der Waals surface area contributed by atoms with Crippen LogP contribution in [0.1, 0.15) is 23.7 Å². The predicted molar refractivity (Wildman–Crippen MR) is 124 cm³/mol. The van der Waals surface area contributed by atoms with Gasteiger partial charge in [-0.3, -0.25) is 20.4 Å². The molecule has 3 rings (SSSR count). The second kappa shape index (κ2) is 11.4. The van der Waals surface area contributed by atoms with Crippen molar-refractivity contribution in [1.82, 2.24) is 10.9 Å². The molecule has 0 aliphatic carbocycles. The molecular formula is C26H26N2O4. The van der Waals surface area contributed by atoms with Gasteiger partial charge >= 0.3 is 0 Å². The highest BCUT2D eigenvalue weighted by molar-refractivity contribution is 5.98. The number of carbonyl (C=O) groups excluding carboxylic acids is 2. The quantitative estimate of drug-likeness (QED) is 0.386. The van der Waals surface area contributed by atoms with E-state index in [2.05, 4.69) is 17.4 Å². The fourth-order valence-corrected chi connectivity index (χ4v) is 3.04. The van der Waals surface area contributed by atoms with E-state index >= 15 is 0 Å². The lowest BCUT2D eigenvalue weighted by Gasteiger charge is -2.18. The van der Waals surface area contributed by atoms with Crippen LogP contribution in [0.15, 0.2) is 91.5 Å². The highest BCUT2D eigenvalue weighted by Gasteiger charge is 2.20. The maximum Gasteiger partial charge on any atom is 0.279 e. The van der Waals surface area contributed by atoms with Crippen LogP contribution in [-0.4, -0.2) is 24.5 Å². The van der Waals surface area contributed by atoms with Gasteiger partial charge in [-0.05, 0) is 41.8 Å². The number of nitrogens with one attached hydrogen (secondary N) is 2. The summed E-state index contributed by atoms with van der Waals surface area (Å²) in [6.45, 7) is 5.70. The lowest BCUT2D eigenvalue weighted by atomic mass is 10.1. The van der Waals surface area contributed by atoms with Crippen molar-refractivity contribution in [2.45, 2.75) is 19.4 Å². The Labute approximate surface area is 187 Å². The number of rotatable bonds is 9. The molecule has 3 aromatic rings. The van der Waals surface area contributed by atoms with Crippen molar-refractivity contribution in [2.24, 2.45) is 0 Å². The first kappa shape index (κ1) is 22.6. The van der Waals surface area contributed by atoms with Gasteiger partial charge in [0, 0.05) is 0 Å². The molecule has 3 aromatic carbocycles. The summed E-state index contributed by atoms with van der Waals surface area (Å²) in [5.41, 5.74) is 7.32. The molecule has 0 aromatic heterocycles. The van der Waals surface area contributed by atoms with Crippen LogP contribution in [0.5, 0.6) is 11.5 Å². The molecule has 0 saturated carbocycles. The summed E-state index contributed by atoms with van der Waals surface area (Å²) >= 11 is 0. The van der Waals surface area contributed by atoms with Crippen LogP contribution >= 0.6 is 0 Å². The van der Waals surface area contributed by atoms with Gasteiger partial charge in [0.25, 0.3) is 11.8 Å². The fourth-order valence-electron chi connectivity index (χ4n) is 3.04. The molecule has 1 atom stereocenters. The largest absolute Gasteiger partial charge is 0.489 e. The molecule has 1 unspecified atom stereocenters. The summed E-state index contributed by atoms with van der Waals surface area (Å²) in [6.07, 6.45) is 1.26. The minimum atomic E-state index is -0.759. The topological polar surface area (TPSA) is 76.7 Å². The van der Waals surface area contributed by atoms with Gasteiger partial charge in [-0.2, -0.15) is 0 Å². The zero-order valence-electron chi connectivity index (χ0n) is 17.9. The van der Waals surface area contributed by atoms with E-state index in [4.69, 9.17) is 9.47 Å². The van der Waals surface area contributed by atoms with Crippen LogP contribution in [0.2, 0.25) is 0 Å². The average molecular weight is 431 g/mol. The van der Waals surface area contributed by atoms with E-state index in [0.29, 0.717) is 23.5 Å². The van der Waals surface area contributed by atoms with Gasteiger partial charge in [-0.15, -0.1) is 0 Å². The lowest BCUT2D eigenvalue weighted by Crippen LogP contribution is -2.48. The van der Waals surface area contributed by atoms with Gasteiger partial charge in [0.2, 0.25) is 0 Å². The van der Waals surface area contributed by atoms with Crippen LogP contribution in [0.4, 0.5) is 0 Å². The number of hydrogen-bond donors (Lipinski definition) is 2. The van der Waals surface area contributed by atoms with Crippen LogP contribution in [0.3, 0.4) is 0 Å². The Bertz CT molecular complexity index is 1050. The summed E-state index contributed by atoms with van der Waals surface area (Å²) in [5, 5.41) is 0. The van der Waals surface area contributed by atoms with E-state index < -0.39 is 17.9 Å². The molecule has 6 nitrogen and oxygen atoms in total. The van der Waals surface area contributed by atoms with Crippen molar-refractivity contribution >= 4 is 11.8 Å². The Balaban J connectivity index is 1.58. The van der Waals surface area contributed by atoms with Crippen molar-refractivity contribution in [3.8, 4) is 22.6 Å². The Morgan fingerprint density at radius 1 is 0.906 bits per heavy atom. The molecule has 164 valence electrons. The molecule has 0 spiro atoms. The molecule has 0 saturated heterocycles. The van der Waals surface area contributed by atoms with Crippen molar-refractivity contribution < 1.29 is 19.1 Å². The third-order valence-electron chi connectivity index (χ3n) is 4.69. The average Bonchev–Trinajstić information content (AvgIpc) is 2.85. The molecule has 2 N–H and O–H groups in total. The second-order valence-electron chi connectivity index (χ2n) is 6.94. The normalized spacial score (nSPS) is 11.2. The predicted octanol–water partition coefficient (Wildman–Crippen LogP) is 4.54. The molecule has 0 aliphatic heterocycles. The third kappa shape index (κ3) is 5.98. The van der Waals surface area contributed by atoms with E-state index in [1.165, 1.54) is 0 Å². The maximum atomic E-state index is 12.6. The first-order valence-electron chi connectivity index (χ1n) is 10.4. The number of hydrazine groups is 1. The van der Waals surface area contributed by atoms with Gasteiger partial charge in [-0.25, -0.2) is 0 Å². The number of benzene rings is 3. The summed E-state index contributed by atoms with van der Waals surface area (Å²) in [7, 11) is 0. The summed E-state index contributed by atoms with van der Waals surface area (Å²) < 4.78 is 11.3. The van der Waals surface area contributed by atoms with Crippen molar-refractivity contribution in [1.29, 1.82) is 0 Å². The van der Waals surface area contributed by atoms with E-state index in [-0.39, 0.29) is 6.61 Å².